The van der Waals surface area contributed by atoms with Gasteiger partial charge < -0.3 is 53.4 Å². The van der Waals surface area contributed by atoms with Gasteiger partial charge in [0.2, 0.25) is 5.60 Å². The minimum Gasteiger partial charge on any atom is -0.454 e. The number of ketones is 1. The number of hydrogen-bond acceptors (Lipinski definition) is 17. The minimum absolute atomic E-state index is 0.0268. The number of alkyl carbamates (subject to hydrolysis) is 1. The van der Waals surface area contributed by atoms with E-state index in [1.165, 1.54) is 39.8 Å². The van der Waals surface area contributed by atoms with Gasteiger partial charge in [-0.25, -0.2) is 19.2 Å². The number of aliphatic hydroxyl groups excluding tert-OH is 2. The van der Waals surface area contributed by atoms with E-state index in [0.29, 0.717) is 6.42 Å². The maximum Gasteiger partial charge on any atom is 0.509 e. The summed E-state index contributed by atoms with van der Waals surface area (Å²) in [5.74, 6) is -6.55. The van der Waals surface area contributed by atoms with Crippen LogP contribution in [0.5, 0.6) is 0 Å². The number of benzene rings is 1. The molecule has 12 atom stereocenters. The molecule has 2 saturated heterocycles. The van der Waals surface area contributed by atoms with Crippen LogP contribution < -0.4 is 5.32 Å². The van der Waals surface area contributed by atoms with Crippen LogP contribution in [-0.4, -0.2) is 124 Å². The lowest BCUT2D eigenvalue weighted by molar-refractivity contribution is -0.345. The number of aliphatic hydroxyl groups is 2. The van der Waals surface area contributed by atoms with Crippen molar-refractivity contribution >= 4 is 41.9 Å². The van der Waals surface area contributed by atoms with Crippen molar-refractivity contribution in [3.8, 4) is 0 Å². The summed E-state index contributed by atoms with van der Waals surface area (Å²) < 4.78 is 48.0. The first kappa shape index (κ1) is 45.5. The topological polar surface area (TPSA) is 246 Å². The lowest BCUT2D eigenvalue weighted by Gasteiger charge is -2.67. The Bertz CT molecular complexity index is 2010. The first-order chi connectivity index (χ1) is 28.4. The molecule has 2 heterocycles. The highest BCUT2D eigenvalue weighted by Gasteiger charge is 2.83. The lowest BCUT2D eigenvalue weighted by Crippen LogP contribution is -2.83. The molecule has 2 aliphatic heterocycles. The van der Waals surface area contributed by atoms with Crippen LogP contribution in [0.1, 0.15) is 98.9 Å². The van der Waals surface area contributed by atoms with Crippen molar-refractivity contribution in [2.75, 3.05) is 6.61 Å². The first-order valence-corrected chi connectivity index (χ1v) is 20.3. The zero-order valence-electron chi connectivity index (χ0n) is 35.9. The third kappa shape index (κ3) is 7.43. The highest BCUT2D eigenvalue weighted by Crippen LogP contribution is 2.66. The predicted octanol–water partition coefficient (Wildman–Crippen LogP) is 3.41. The Balaban J connectivity index is 1.61. The fourth-order valence-corrected chi connectivity index (χ4v) is 10.2. The van der Waals surface area contributed by atoms with E-state index in [2.05, 4.69) is 5.32 Å². The second-order valence-electron chi connectivity index (χ2n) is 18.2. The van der Waals surface area contributed by atoms with Crippen LogP contribution in [0.25, 0.3) is 0 Å². The van der Waals surface area contributed by atoms with Gasteiger partial charge in [-0.3, -0.25) is 14.4 Å². The number of amides is 1. The van der Waals surface area contributed by atoms with Crippen LogP contribution in [-0.2, 0) is 57.1 Å². The first-order valence-electron chi connectivity index (χ1n) is 20.3. The molecule has 61 heavy (non-hydrogen) atoms. The molecule has 4 fully saturated rings. The van der Waals surface area contributed by atoms with E-state index >= 15 is 4.79 Å². The summed E-state index contributed by atoms with van der Waals surface area (Å²) in [4.78, 5) is 97.0. The second kappa shape index (κ2) is 16.0. The molecule has 2 saturated carbocycles. The van der Waals surface area contributed by atoms with Crippen molar-refractivity contribution in [1.29, 1.82) is 0 Å². The molecule has 5 aliphatic rings. The van der Waals surface area contributed by atoms with Crippen LogP contribution in [0.3, 0.4) is 0 Å². The third-order valence-electron chi connectivity index (χ3n) is 12.8. The fraction of sp³-hybridized carbons (Fsp3) is 0.651. The quantitative estimate of drug-likeness (QED) is 0.173. The average molecular weight is 858 g/mol. The molecule has 0 aromatic heterocycles. The summed E-state index contributed by atoms with van der Waals surface area (Å²) in [7, 11) is 0. The molecular formula is C43H55NO17. The number of esters is 4. The Morgan fingerprint density at radius 3 is 2.20 bits per heavy atom. The lowest BCUT2D eigenvalue weighted by atomic mass is 9.44. The summed E-state index contributed by atoms with van der Waals surface area (Å²) in [5, 5.41) is 26.1. The van der Waals surface area contributed by atoms with Crippen molar-refractivity contribution in [3.05, 3.63) is 47.0 Å². The minimum atomic E-state index is -2.35. The van der Waals surface area contributed by atoms with E-state index in [0.717, 1.165) is 13.8 Å². The Kier molecular flexibility index (Phi) is 11.9. The van der Waals surface area contributed by atoms with Crippen molar-refractivity contribution in [3.63, 3.8) is 0 Å². The van der Waals surface area contributed by atoms with Gasteiger partial charge in [0, 0.05) is 25.7 Å². The third-order valence-corrected chi connectivity index (χ3v) is 12.8. The van der Waals surface area contributed by atoms with Crippen LogP contribution in [0.2, 0.25) is 0 Å². The van der Waals surface area contributed by atoms with Gasteiger partial charge in [-0.2, -0.15) is 0 Å². The molecular weight excluding hydrogens is 802 g/mol. The molecule has 3 aliphatic carbocycles. The zero-order chi connectivity index (χ0) is 45.2. The molecule has 334 valence electrons. The van der Waals surface area contributed by atoms with Gasteiger partial charge in [-0.15, -0.1) is 0 Å². The molecule has 18 heteroatoms. The average Bonchev–Trinajstić information content (AvgIpc) is 3.52. The summed E-state index contributed by atoms with van der Waals surface area (Å²) >= 11 is 0. The van der Waals surface area contributed by atoms with E-state index in [1.54, 1.807) is 45.9 Å². The Labute approximate surface area is 352 Å². The molecule has 1 amide bonds. The molecule has 3 N–H and O–H groups in total. The van der Waals surface area contributed by atoms with Crippen LogP contribution >= 0.6 is 0 Å². The molecule has 1 aromatic carbocycles. The van der Waals surface area contributed by atoms with Gasteiger partial charge >= 0.3 is 36.1 Å². The molecule has 2 bridgehead atoms. The normalized spacial score (nSPS) is 34.5. The fourth-order valence-electron chi connectivity index (χ4n) is 10.2. The van der Waals surface area contributed by atoms with E-state index in [4.69, 9.17) is 37.9 Å². The number of hydrogen-bond donors (Lipinski definition) is 3. The standard InChI is InChI=1S/C43H55NO17/c1-11-15-24(44-37(52)60-39(5,6)7)28(48)36(51)56-29-20(2)27-30(55-21(3)45)32(49)41(10)25(47)18-26-42(19-54-26,59-22(4)46)31(41)34(57-35(50)23-16-13-12-14-17-23)43(40(27,8)9)33(29)58-38(53)61-43/h12-14,16-17,24-26,28-31,33-34,47-48H,11,15,18-19H2,1-10H3,(H,44,52)/t24-,25-,26+,28+,29+,30+,31?,33-,34-,41+,42-,43+/m0/s1. The van der Waals surface area contributed by atoms with Crippen LogP contribution in [0.4, 0.5) is 9.59 Å². The highest BCUT2D eigenvalue weighted by molar-refractivity contribution is 5.96. The number of ether oxygens (including phenoxy) is 8. The van der Waals surface area contributed by atoms with Gasteiger partial charge in [-0.05, 0) is 64.3 Å². The maximum absolute atomic E-state index is 15.6. The Morgan fingerprint density at radius 1 is 0.984 bits per heavy atom. The smallest absolute Gasteiger partial charge is 0.454 e. The second-order valence-corrected chi connectivity index (χ2v) is 18.2. The van der Waals surface area contributed by atoms with Gasteiger partial charge in [0.1, 0.15) is 11.7 Å². The summed E-state index contributed by atoms with van der Waals surface area (Å²) in [5.41, 5.74) is -8.96. The van der Waals surface area contributed by atoms with Crippen LogP contribution in [0.15, 0.2) is 41.5 Å². The molecule has 18 nitrogen and oxygen atoms in total. The van der Waals surface area contributed by atoms with Gasteiger partial charge in [-0.1, -0.05) is 45.4 Å². The Hall–Kier alpha value is -5.07. The predicted molar refractivity (Wildman–Crippen MR) is 207 cm³/mol. The summed E-state index contributed by atoms with van der Waals surface area (Å²) in [6, 6.07) is 6.49. The number of rotatable bonds is 10. The SMILES string of the molecule is CCC[C@H](NC(=O)OC(C)(C)C)[C@@H](O)C(=O)O[C@@H]1C(C)=C2[C@@H](OC(C)=O)C(=O)[C@@]3(C)C([C@H](OC(=O)c4ccccc4)[C@@]4(OC(=O)O[C@@H]14)C2(C)C)[C@]1(OC(C)=O)CO[C@@H]1C[C@@H]3O. The monoisotopic (exact) mass is 857 g/mol. The molecule has 1 aromatic rings. The number of fused-ring (bicyclic) bond motifs is 4. The van der Waals surface area contributed by atoms with Crippen molar-refractivity contribution in [2.24, 2.45) is 16.7 Å². The number of nitrogens with one attached hydrogen (secondary N) is 1. The van der Waals surface area contributed by atoms with E-state index in [-0.39, 0.29) is 36.2 Å². The van der Waals surface area contributed by atoms with E-state index < -0.39 is 124 Å². The number of carbonyl (C=O) groups is 7. The molecule has 1 spiro atoms. The van der Waals surface area contributed by atoms with Crippen molar-refractivity contribution in [1.82, 2.24) is 5.32 Å². The zero-order valence-corrected chi connectivity index (χ0v) is 35.9. The van der Waals surface area contributed by atoms with Gasteiger partial charge in [0.05, 0.1) is 35.6 Å². The Morgan fingerprint density at radius 2 is 1.64 bits per heavy atom. The summed E-state index contributed by atoms with van der Waals surface area (Å²) in [6.07, 6.45) is -14.0. The molecule has 0 radical (unpaired) electrons. The number of Topliss-reactive ketones (excluding diaryl/α,β-unsaturated/α-hetero) is 1. The van der Waals surface area contributed by atoms with E-state index in [9.17, 15) is 39.0 Å². The van der Waals surface area contributed by atoms with Crippen molar-refractivity contribution in [2.45, 2.75) is 154 Å². The van der Waals surface area contributed by atoms with Gasteiger partial charge in [0.25, 0.3) is 0 Å². The molecule has 6 rings (SSSR count). The summed E-state index contributed by atoms with van der Waals surface area (Å²) in [6.45, 7) is 14.4. The highest BCUT2D eigenvalue weighted by atomic mass is 16.8. The maximum atomic E-state index is 15.6. The largest absolute Gasteiger partial charge is 0.509 e. The van der Waals surface area contributed by atoms with Gasteiger partial charge in [0.15, 0.2) is 41.9 Å². The number of carbonyl (C=O) groups excluding carboxylic acids is 7. The van der Waals surface area contributed by atoms with Crippen LogP contribution in [0, 0.1) is 16.7 Å². The van der Waals surface area contributed by atoms with E-state index in [1.807, 2.05) is 0 Å². The molecule has 1 unspecified atom stereocenters. The van der Waals surface area contributed by atoms with Crippen molar-refractivity contribution < 1.29 is 81.7 Å².